The Labute approximate surface area is 148 Å². The minimum atomic E-state index is 0.265. The largest absolute Gasteiger partial charge is 0.473 e. The standard InChI is InChI=1S/C21H22N2O2/c1-16(2)19-13-20(24-14-17-9-5-3-6-10-17)23-21(22-19)25-15-18-11-7-4-8-12-18/h3-13,16H,14-15H2,1-2H3. The van der Waals surface area contributed by atoms with Gasteiger partial charge in [0.15, 0.2) is 0 Å². The van der Waals surface area contributed by atoms with E-state index < -0.39 is 0 Å². The van der Waals surface area contributed by atoms with Gasteiger partial charge in [-0.15, -0.1) is 0 Å². The predicted molar refractivity (Wildman–Crippen MR) is 97.7 cm³/mol. The van der Waals surface area contributed by atoms with Gasteiger partial charge in [0.25, 0.3) is 0 Å². The van der Waals surface area contributed by atoms with Crippen LogP contribution < -0.4 is 9.47 Å². The molecule has 0 unspecified atom stereocenters. The molecule has 0 aliphatic carbocycles. The van der Waals surface area contributed by atoms with Gasteiger partial charge in [0.05, 0.1) is 5.69 Å². The van der Waals surface area contributed by atoms with E-state index >= 15 is 0 Å². The van der Waals surface area contributed by atoms with Gasteiger partial charge in [-0.25, -0.2) is 0 Å². The molecule has 0 atom stereocenters. The topological polar surface area (TPSA) is 44.2 Å². The summed E-state index contributed by atoms with van der Waals surface area (Å²) in [5.41, 5.74) is 3.08. The van der Waals surface area contributed by atoms with Gasteiger partial charge in [-0.05, 0) is 17.0 Å². The lowest BCUT2D eigenvalue weighted by atomic mass is 10.1. The molecule has 0 saturated heterocycles. The van der Waals surface area contributed by atoms with Gasteiger partial charge < -0.3 is 9.47 Å². The minimum absolute atomic E-state index is 0.265. The second-order valence-corrected chi connectivity index (χ2v) is 6.12. The van der Waals surface area contributed by atoms with Crippen molar-refractivity contribution in [2.24, 2.45) is 0 Å². The second kappa shape index (κ2) is 8.29. The van der Waals surface area contributed by atoms with E-state index in [4.69, 9.17) is 9.47 Å². The first-order valence-corrected chi connectivity index (χ1v) is 8.43. The van der Waals surface area contributed by atoms with E-state index in [-0.39, 0.29) is 5.92 Å². The van der Waals surface area contributed by atoms with Crippen molar-refractivity contribution < 1.29 is 9.47 Å². The number of rotatable bonds is 7. The monoisotopic (exact) mass is 334 g/mol. The van der Waals surface area contributed by atoms with Crippen LogP contribution in [0.5, 0.6) is 11.9 Å². The molecule has 0 fully saturated rings. The summed E-state index contributed by atoms with van der Waals surface area (Å²) < 4.78 is 11.6. The van der Waals surface area contributed by atoms with E-state index in [1.54, 1.807) is 0 Å². The van der Waals surface area contributed by atoms with Gasteiger partial charge in [0, 0.05) is 6.07 Å². The molecule has 128 valence electrons. The maximum Gasteiger partial charge on any atom is 0.320 e. The van der Waals surface area contributed by atoms with Gasteiger partial charge >= 0.3 is 6.01 Å². The predicted octanol–water partition coefficient (Wildman–Crippen LogP) is 4.76. The molecule has 0 aliphatic heterocycles. The first-order valence-electron chi connectivity index (χ1n) is 8.43. The molecular weight excluding hydrogens is 312 g/mol. The third-order valence-electron chi connectivity index (χ3n) is 3.73. The van der Waals surface area contributed by atoms with Crippen LogP contribution in [0.15, 0.2) is 66.7 Å². The van der Waals surface area contributed by atoms with Crippen LogP contribution >= 0.6 is 0 Å². The Bertz CT molecular complexity index is 728. The van der Waals surface area contributed by atoms with Crippen LogP contribution in [0, 0.1) is 0 Å². The van der Waals surface area contributed by atoms with Gasteiger partial charge in [-0.3, -0.25) is 0 Å². The highest BCUT2D eigenvalue weighted by atomic mass is 16.5. The zero-order valence-electron chi connectivity index (χ0n) is 14.6. The van der Waals surface area contributed by atoms with Crippen LogP contribution in [-0.4, -0.2) is 9.97 Å². The Morgan fingerprint density at radius 2 is 1.32 bits per heavy atom. The molecule has 4 nitrogen and oxygen atoms in total. The molecular formula is C21H22N2O2. The fourth-order valence-corrected chi connectivity index (χ4v) is 2.31. The zero-order valence-corrected chi connectivity index (χ0v) is 14.6. The number of benzene rings is 2. The Morgan fingerprint density at radius 1 is 0.760 bits per heavy atom. The third-order valence-corrected chi connectivity index (χ3v) is 3.73. The highest BCUT2D eigenvalue weighted by Gasteiger charge is 2.10. The summed E-state index contributed by atoms with van der Waals surface area (Å²) in [5.74, 6) is 0.798. The number of hydrogen-bond acceptors (Lipinski definition) is 4. The Hall–Kier alpha value is -2.88. The molecule has 0 radical (unpaired) electrons. The lowest BCUT2D eigenvalue weighted by Gasteiger charge is -2.12. The third kappa shape index (κ3) is 5.05. The molecule has 0 saturated carbocycles. The zero-order chi connectivity index (χ0) is 17.5. The van der Waals surface area contributed by atoms with Crippen molar-refractivity contribution in [1.82, 2.24) is 9.97 Å². The van der Waals surface area contributed by atoms with E-state index in [0.29, 0.717) is 25.1 Å². The molecule has 0 N–H and O–H groups in total. The summed E-state index contributed by atoms with van der Waals surface area (Å²) in [4.78, 5) is 8.88. The SMILES string of the molecule is CC(C)c1cc(OCc2ccccc2)nc(OCc2ccccc2)n1. The van der Waals surface area contributed by atoms with E-state index in [1.807, 2.05) is 66.7 Å². The van der Waals surface area contributed by atoms with Gasteiger partial charge in [0.2, 0.25) is 5.88 Å². The quantitative estimate of drug-likeness (QED) is 0.625. The number of hydrogen-bond donors (Lipinski definition) is 0. The lowest BCUT2D eigenvalue weighted by molar-refractivity contribution is 0.256. The summed E-state index contributed by atoms with van der Waals surface area (Å²) in [6.07, 6.45) is 0. The van der Waals surface area contributed by atoms with Crippen LogP contribution in [0.25, 0.3) is 0 Å². The Balaban J connectivity index is 1.72. The maximum atomic E-state index is 5.84. The van der Waals surface area contributed by atoms with Crippen molar-refractivity contribution in [1.29, 1.82) is 0 Å². The van der Waals surface area contributed by atoms with E-state index in [1.165, 1.54) is 0 Å². The molecule has 3 rings (SSSR count). The van der Waals surface area contributed by atoms with Crippen molar-refractivity contribution in [2.45, 2.75) is 33.0 Å². The van der Waals surface area contributed by atoms with E-state index in [9.17, 15) is 0 Å². The smallest absolute Gasteiger partial charge is 0.320 e. The summed E-state index contributed by atoms with van der Waals surface area (Å²) >= 11 is 0. The number of ether oxygens (including phenoxy) is 2. The summed E-state index contributed by atoms with van der Waals surface area (Å²) in [6.45, 7) is 5.07. The molecule has 4 heteroatoms. The molecule has 0 spiro atoms. The van der Waals surface area contributed by atoms with Crippen LogP contribution in [0.2, 0.25) is 0 Å². The van der Waals surface area contributed by atoms with Crippen LogP contribution in [0.4, 0.5) is 0 Å². The average molecular weight is 334 g/mol. The van der Waals surface area contributed by atoms with Crippen molar-refractivity contribution in [3.63, 3.8) is 0 Å². The van der Waals surface area contributed by atoms with E-state index in [2.05, 4.69) is 23.8 Å². The summed E-state index contributed by atoms with van der Waals surface area (Å²) in [7, 11) is 0. The summed E-state index contributed by atoms with van der Waals surface area (Å²) in [5, 5.41) is 0. The fraction of sp³-hybridized carbons (Fsp3) is 0.238. The highest BCUT2D eigenvalue weighted by Crippen LogP contribution is 2.21. The molecule has 3 aromatic rings. The molecule has 2 aromatic carbocycles. The number of aromatic nitrogens is 2. The van der Waals surface area contributed by atoms with Gasteiger partial charge in [0.1, 0.15) is 13.2 Å². The Morgan fingerprint density at radius 3 is 1.88 bits per heavy atom. The fourth-order valence-electron chi connectivity index (χ4n) is 2.31. The van der Waals surface area contributed by atoms with Crippen molar-refractivity contribution in [3.8, 4) is 11.9 Å². The second-order valence-electron chi connectivity index (χ2n) is 6.12. The van der Waals surface area contributed by atoms with Crippen LogP contribution in [-0.2, 0) is 13.2 Å². The molecule has 1 aromatic heterocycles. The maximum absolute atomic E-state index is 5.84. The van der Waals surface area contributed by atoms with Crippen LogP contribution in [0.1, 0.15) is 36.6 Å². The molecule has 0 amide bonds. The van der Waals surface area contributed by atoms with E-state index in [0.717, 1.165) is 16.8 Å². The van der Waals surface area contributed by atoms with Crippen molar-refractivity contribution in [2.75, 3.05) is 0 Å². The summed E-state index contributed by atoms with van der Waals surface area (Å²) in [6, 6.07) is 22.2. The van der Waals surface area contributed by atoms with Crippen molar-refractivity contribution in [3.05, 3.63) is 83.6 Å². The first kappa shape index (κ1) is 17.0. The van der Waals surface area contributed by atoms with Crippen molar-refractivity contribution >= 4 is 0 Å². The molecule has 0 bridgehead atoms. The lowest BCUT2D eigenvalue weighted by Crippen LogP contribution is -2.05. The van der Waals surface area contributed by atoms with Gasteiger partial charge in [-0.2, -0.15) is 9.97 Å². The first-order chi connectivity index (χ1) is 12.2. The Kier molecular flexibility index (Phi) is 5.62. The normalized spacial score (nSPS) is 10.7. The molecule has 0 aliphatic rings. The molecule has 1 heterocycles. The minimum Gasteiger partial charge on any atom is -0.473 e. The highest BCUT2D eigenvalue weighted by molar-refractivity contribution is 5.22. The van der Waals surface area contributed by atoms with Gasteiger partial charge in [-0.1, -0.05) is 74.5 Å². The molecule has 25 heavy (non-hydrogen) atoms. The average Bonchev–Trinajstić information content (AvgIpc) is 2.66. The van der Waals surface area contributed by atoms with Crippen LogP contribution in [0.3, 0.4) is 0 Å². The number of nitrogens with zero attached hydrogens (tertiary/aromatic N) is 2.